The van der Waals surface area contributed by atoms with Crippen LogP contribution in [0.2, 0.25) is 0 Å². The van der Waals surface area contributed by atoms with Crippen molar-refractivity contribution >= 4 is 40.8 Å². The van der Waals surface area contributed by atoms with Gasteiger partial charge < -0.3 is 14.5 Å². The number of methoxy groups -OCH3 is 1. The molecule has 0 fully saturated rings. The summed E-state index contributed by atoms with van der Waals surface area (Å²) >= 11 is 2.07. The second-order valence-corrected chi connectivity index (χ2v) is 12.1. The molecule has 44 heavy (non-hydrogen) atoms. The van der Waals surface area contributed by atoms with E-state index in [9.17, 15) is 24.5 Å². The first-order valence-electron chi connectivity index (χ1n) is 13.4. The Hall–Kier alpha value is -4.82. The summed E-state index contributed by atoms with van der Waals surface area (Å²) in [6.07, 6.45) is 1.16. The van der Waals surface area contributed by atoms with Crippen molar-refractivity contribution in [3.8, 4) is 5.75 Å². The van der Waals surface area contributed by atoms with Gasteiger partial charge in [0.15, 0.2) is 9.96 Å². The third-order valence-electron chi connectivity index (χ3n) is 6.53. The number of aryl methyl sites for hydroxylation is 1. The molecular weight excluding hydrogens is 606 g/mol. The van der Waals surface area contributed by atoms with Gasteiger partial charge in [0.05, 0.1) is 44.9 Å². The summed E-state index contributed by atoms with van der Waals surface area (Å²) in [5.74, 6) is -0.0393. The topological polar surface area (TPSA) is 159 Å². The van der Waals surface area contributed by atoms with E-state index in [-0.39, 0.29) is 31.4 Å². The van der Waals surface area contributed by atoms with Crippen LogP contribution in [0.4, 0.5) is 5.69 Å². The van der Waals surface area contributed by atoms with Crippen molar-refractivity contribution in [2.75, 3.05) is 7.11 Å². The van der Waals surface area contributed by atoms with Gasteiger partial charge in [0, 0.05) is 17.8 Å². The van der Waals surface area contributed by atoms with E-state index in [1.54, 1.807) is 64.1 Å². The summed E-state index contributed by atoms with van der Waals surface area (Å²) < 4.78 is 12.6. The minimum atomic E-state index is -0.841. The number of nitrogens with one attached hydrogen (secondary N) is 1. The highest BCUT2D eigenvalue weighted by atomic mass is 32.2. The molecule has 1 aliphatic rings. The predicted octanol–water partition coefficient (Wildman–Crippen LogP) is 3.65. The fourth-order valence-corrected chi connectivity index (χ4v) is 6.67. The molecule has 14 heteroatoms. The third-order valence-corrected chi connectivity index (χ3v) is 8.46. The molecule has 0 aliphatic carbocycles. The van der Waals surface area contributed by atoms with Crippen LogP contribution in [0.25, 0.3) is 6.08 Å². The molecule has 1 aliphatic heterocycles. The zero-order valence-corrected chi connectivity index (χ0v) is 25.9. The van der Waals surface area contributed by atoms with Gasteiger partial charge >= 0.3 is 5.97 Å². The molecule has 2 aromatic heterocycles. The Bertz CT molecular complexity index is 2080. The lowest BCUT2D eigenvalue weighted by Crippen LogP contribution is -2.40. The number of carbonyl (C=O) groups excluding carboxylic acids is 1. The highest BCUT2D eigenvalue weighted by Gasteiger charge is 2.34. The molecule has 5 rings (SSSR count). The van der Waals surface area contributed by atoms with Gasteiger partial charge in [-0.05, 0) is 74.9 Å². The number of benzene rings is 2. The molecule has 226 valence electrons. The largest absolute Gasteiger partial charge is 0.497 e. The lowest BCUT2D eigenvalue weighted by atomic mass is 9.95. The molecule has 0 amide bonds. The molecule has 0 unspecified atom stereocenters. The standard InChI is InChI=1S/C30H27N5O7S2/c1-15(2)42-28(38)25-17(4)32-30-34(26(25)19-7-6-8-20(14-19)41-5)27(37)23(44-30)13-18-9-10-22(21(12-18)35(39)40)43-29-31-16(3)11-24(36)33-29/h6-15,26H,1-5H3,(H,31,33,36)/b23-13-/t26-/m1/s1. The van der Waals surface area contributed by atoms with E-state index in [1.807, 2.05) is 0 Å². The Morgan fingerprint density at radius 1 is 1.18 bits per heavy atom. The normalized spacial score (nSPS) is 14.8. The Labute approximate surface area is 258 Å². The number of nitro benzene ring substituents is 1. The van der Waals surface area contributed by atoms with Crippen LogP contribution in [0.5, 0.6) is 5.75 Å². The van der Waals surface area contributed by atoms with Gasteiger partial charge in [-0.1, -0.05) is 29.5 Å². The van der Waals surface area contributed by atoms with Crippen molar-refractivity contribution in [3.63, 3.8) is 0 Å². The summed E-state index contributed by atoms with van der Waals surface area (Å²) in [6, 6.07) is 12.1. The van der Waals surface area contributed by atoms with E-state index in [4.69, 9.17) is 9.47 Å². The van der Waals surface area contributed by atoms with Crippen molar-refractivity contribution in [2.24, 2.45) is 4.99 Å². The second-order valence-electron chi connectivity index (χ2n) is 10.1. The predicted molar refractivity (Wildman–Crippen MR) is 165 cm³/mol. The van der Waals surface area contributed by atoms with Crippen LogP contribution >= 0.6 is 23.1 Å². The highest BCUT2D eigenvalue weighted by molar-refractivity contribution is 7.99. The van der Waals surface area contributed by atoms with Gasteiger partial charge in [0.1, 0.15) is 5.75 Å². The molecule has 0 saturated carbocycles. The Balaban J connectivity index is 1.63. The van der Waals surface area contributed by atoms with Crippen LogP contribution in [-0.2, 0) is 9.53 Å². The smallest absolute Gasteiger partial charge is 0.338 e. The second kappa shape index (κ2) is 12.4. The summed E-state index contributed by atoms with van der Waals surface area (Å²) in [5.41, 5.74) is 1.15. The average Bonchev–Trinajstić information content (AvgIpc) is 3.25. The number of esters is 1. The van der Waals surface area contributed by atoms with E-state index < -0.39 is 28.6 Å². The minimum absolute atomic E-state index is 0.218. The number of ether oxygens (including phenoxy) is 2. The number of hydrogen-bond donors (Lipinski definition) is 1. The molecule has 1 atom stereocenters. The minimum Gasteiger partial charge on any atom is -0.497 e. The number of nitro groups is 1. The van der Waals surface area contributed by atoms with Crippen LogP contribution in [-0.4, -0.2) is 38.6 Å². The highest BCUT2D eigenvalue weighted by Crippen LogP contribution is 2.34. The zero-order valence-electron chi connectivity index (χ0n) is 24.3. The Kier molecular flexibility index (Phi) is 8.65. The zero-order chi connectivity index (χ0) is 31.7. The maximum absolute atomic E-state index is 13.9. The van der Waals surface area contributed by atoms with E-state index in [0.29, 0.717) is 33.1 Å². The fraction of sp³-hybridized carbons (Fsp3) is 0.233. The number of hydrogen-bond acceptors (Lipinski definition) is 11. The summed E-state index contributed by atoms with van der Waals surface area (Å²) in [7, 11) is 1.53. The van der Waals surface area contributed by atoms with Gasteiger partial charge in [0.25, 0.3) is 16.8 Å². The Morgan fingerprint density at radius 2 is 1.95 bits per heavy atom. The van der Waals surface area contributed by atoms with Gasteiger partial charge in [-0.15, -0.1) is 0 Å². The first-order chi connectivity index (χ1) is 20.9. The number of allylic oxidation sites excluding steroid dienone is 1. The van der Waals surface area contributed by atoms with Crippen LogP contribution in [0.3, 0.4) is 0 Å². The van der Waals surface area contributed by atoms with Crippen molar-refractivity contribution in [3.05, 3.63) is 117 Å². The number of aromatic amines is 1. The first kappa shape index (κ1) is 30.6. The maximum atomic E-state index is 13.9. The quantitative estimate of drug-likeness (QED) is 0.132. The Morgan fingerprint density at radius 3 is 2.64 bits per heavy atom. The number of rotatable bonds is 8. The lowest BCUT2D eigenvalue weighted by molar-refractivity contribution is -0.387. The number of nitrogens with zero attached hydrogens (tertiary/aromatic N) is 4. The van der Waals surface area contributed by atoms with E-state index >= 15 is 0 Å². The molecule has 1 N–H and O–H groups in total. The molecule has 0 bridgehead atoms. The molecule has 12 nitrogen and oxygen atoms in total. The van der Waals surface area contributed by atoms with Crippen LogP contribution in [0.15, 0.2) is 84.4 Å². The number of fused-ring (bicyclic) bond motifs is 1. The molecule has 3 heterocycles. The molecule has 0 saturated heterocycles. The maximum Gasteiger partial charge on any atom is 0.338 e. The van der Waals surface area contributed by atoms with Gasteiger partial charge in [0.2, 0.25) is 0 Å². The van der Waals surface area contributed by atoms with Crippen LogP contribution in [0, 0.1) is 17.0 Å². The van der Waals surface area contributed by atoms with Crippen molar-refractivity contribution in [1.82, 2.24) is 14.5 Å². The average molecular weight is 634 g/mol. The van der Waals surface area contributed by atoms with Crippen molar-refractivity contribution in [2.45, 2.75) is 49.9 Å². The van der Waals surface area contributed by atoms with E-state index in [0.717, 1.165) is 23.1 Å². The van der Waals surface area contributed by atoms with Gasteiger partial charge in [-0.25, -0.2) is 14.8 Å². The van der Waals surface area contributed by atoms with Gasteiger partial charge in [-0.3, -0.25) is 24.3 Å². The molecular formula is C30H27N5O7S2. The summed E-state index contributed by atoms with van der Waals surface area (Å²) in [5, 5.41) is 12.2. The molecule has 0 spiro atoms. The third kappa shape index (κ3) is 6.26. The SMILES string of the molecule is COc1cccc([C@@H]2C(C(=O)OC(C)C)=C(C)N=c3s/c(=C\c4ccc(Sc5nc(C)cc(=O)[nH]5)c([N+](=O)[O-])c4)c(=O)n32)c1. The number of aromatic nitrogens is 3. The number of H-pyrrole nitrogens is 1. The lowest BCUT2D eigenvalue weighted by Gasteiger charge is -2.25. The fourth-order valence-electron chi connectivity index (χ4n) is 4.70. The first-order valence-corrected chi connectivity index (χ1v) is 15.0. The number of thiazole rings is 1. The van der Waals surface area contributed by atoms with Gasteiger partial charge in [-0.2, -0.15) is 0 Å². The molecule has 2 aromatic carbocycles. The monoisotopic (exact) mass is 633 g/mol. The van der Waals surface area contributed by atoms with Crippen molar-refractivity contribution in [1.29, 1.82) is 0 Å². The van der Waals surface area contributed by atoms with E-state index in [2.05, 4.69) is 15.0 Å². The molecule has 0 radical (unpaired) electrons. The van der Waals surface area contributed by atoms with Crippen molar-refractivity contribution < 1.29 is 19.2 Å². The number of carbonyl (C=O) groups is 1. The van der Waals surface area contributed by atoms with Crippen LogP contribution in [0.1, 0.15) is 43.6 Å². The summed E-state index contributed by atoms with van der Waals surface area (Å²) in [4.78, 5) is 62.5. The summed E-state index contributed by atoms with van der Waals surface area (Å²) in [6.45, 7) is 6.83. The molecule has 4 aromatic rings. The van der Waals surface area contributed by atoms with E-state index in [1.165, 1.54) is 29.9 Å². The van der Waals surface area contributed by atoms with Crippen LogP contribution < -0.4 is 25.2 Å².